The summed E-state index contributed by atoms with van der Waals surface area (Å²) in [6, 6.07) is 5.63. The van der Waals surface area contributed by atoms with E-state index in [1.54, 1.807) is 12.4 Å². The average Bonchev–Trinajstić information content (AvgIpc) is 3.65. The molecule has 3 saturated carbocycles. The van der Waals surface area contributed by atoms with E-state index < -0.39 is 23.2 Å². The fourth-order valence-electron chi connectivity index (χ4n) is 7.85. The average molecular weight is 514 g/mol. The molecule has 1 aromatic carbocycles. The normalized spacial score (nSPS) is 31.2. The van der Waals surface area contributed by atoms with Gasteiger partial charge in [-0.25, -0.2) is 18.7 Å². The van der Waals surface area contributed by atoms with Crippen LogP contribution in [0.3, 0.4) is 0 Å². The number of hydrogen-bond donors (Lipinski definition) is 1. The molecule has 2 unspecified atom stereocenters. The summed E-state index contributed by atoms with van der Waals surface area (Å²) in [5.74, 6) is -0.584. The van der Waals surface area contributed by atoms with Crippen molar-refractivity contribution < 1.29 is 18.3 Å². The van der Waals surface area contributed by atoms with E-state index in [1.165, 1.54) is 24.5 Å². The van der Waals surface area contributed by atoms with Gasteiger partial charge >= 0.3 is 0 Å². The fourth-order valence-corrected chi connectivity index (χ4v) is 7.85. The highest BCUT2D eigenvalue weighted by Crippen LogP contribution is 2.88. The van der Waals surface area contributed by atoms with Gasteiger partial charge < -0.3 is 9.52 Å². The Balaban J connectivity index is 1.24. The zero-order valence-electron chi connectivity index (χ0n) is 20.9. The largest absolute Gasteiger partial charge is 0.443 e. The summed E-state index contributed by atoms with van der Waals surface area (Å²) in [7, 11) is 0. The van der Waals surface area contributed by atoms with E-state index in [0.29, 0.717) is 17.3 Å². The van der Waals surface area contributed by atoms with Crippen LogP contribution in [0.4, 0.5) is 8.78 Å². The van der Waals surface area contributed by atoms with Gasteiger partial charge in [0.25, 0.3) is 0 Å². The molecule has 38 heavy (non-hydrogen) atoms. The van der Waals surface area contributed by atoms with Crippen molar-refractivity contribution in [3.63, 3.8) is 0 Å². The molecule has 9 heteroatoms. The van der Waals surface area contributed by atoms with Crippen LogP contribution < -0.4 is 0 Å². The lowest BCUT2D eigenvalue weighted by atomic mass is 9.27. The molecular weight excluding hydrogens is 488 g/mol. The van der Waals surface area contributed by atoms with Crippen LogP contribution in [0.25, 0.3) is 22.8 Å². The predicted octanol–water partition coefficient (Wildman–Crippen LogP) is 5.51. The van der Waals surface area contributed by atoms with Crippen LogP contribution in [-0.2, 0) is 5.41 Å². The Morgan fingerprint density at radius 1 is 1.05 bits per heavy atom. The summed E-state index contributed by atoms with van der Waals surface area (Å²) >= 11 is 0. The van der Waals surface area contributed by atoms with Crippen LogP contribution in [0, 0.1) is 28.4 Å². The first-order chi connectivity index (χ1) is 18.3. The first-order valence-corrected chi connectivity index (χ1v) is 13.1. The van der Waals surface area contributed by atoms with E-state index in [0.717, 1.165) is 42.6 Å². The van der Waals surface area contributed by atoms with Crippen molar-refractivity contribution >= 4 is 0 Å². The van der Waals surface area contributed by atoms with Gasteiger partial charge in [0.05, 0.1) is 34.3 Å². The van der Waals surface area contributed by atoms with Crippen molar-refractivity contribution in [3.05, 3.63) is 77.2 Å². The molecule has 0 aliphatic heterocycles. The SMILES string of the molecule is CC12C[C@H]3c4cc(-c5c(F)cccc5F)nnc4[C@@](c4cncc(-c5nc([C@@H](O)C6CC6)co5)n4)(C1)C32C. The molecule has 0 radical (unpaired) electrons. The number of oxazole rings is 1. The Bertz CT molecular complexity index is 1630. The van der Waals surface area contributed by atoms with Crippen molar-refractivity contribution in [2.45, 2.75) is 57.0 Å². The Hall–Kier alpha value is -3.59. The number of halogens is 2. The molecule has 4 aromatic rings. The summed E-state index contributed by atoms with van der Waals surface area (Å²) in [6.07, 6.45) is 8.03. The van der Waals surface area contributed by atoms with Gasteiger partial charge in [-0.05, 0) is 72.1 Å². The van der Waals surface area contributed by atoms with Gasteiger partial charge in [0.15, 0.2) is 0 Å². The molecular formula is C29H25F2N5O2. The second-order valence-corrected chi connectivity index (χ2v) is 11.9. The predicted molar refractivity (Wildman–Crippen MR) is 132 cm³/mol. The number of rotatable bonds is 5. The lowest BCUT2D eigenvalue weighted by Gasteiger charge is -2.75. The first kappa shape index (κ1) is 22.4. The van der Waals surface area contributed by atoms with Gasteiger partial charge in [0, 0.05) is 6.20 Å². The minimum atomic E-state index is -0.657. The molecule has 4 aliphatic carbocycles. The monoisotopic (exact) mass is 513 g/mol. The number of aliphatic hydroxyl groups is 1. The lowest BCUT2D eigenvalue weighted by Crippen LogP contribution is -2.72. The molecule has 0 amide bonds. The summed E-state index contributed by atoms with van der Waals surface area (Å²) in [6.45, 7) is 4.55. The second kappa shape index (κ2) is 7.08. The van der Waals surface area contributed by atoms with E-state index in [1.807, 2.05) is 6.07 Å². The number of aliphatic hydroxyl groups excluding tert-OH is 1. The maximum absolute atomic E-state index is 14.6. The van der Waals surface area contributed by atoms with Gasteiger partial charge in [-0.2, -0.15) is 5.10 Å². The maximum Gasteiger partial charge on any atom is 0.247 e. The zero-order chi connectivity index (χ0) is 26.0. The molecule has 4 aliphatic rings. The van der Waals surface area contributed by atoms with Crippen LogP contribution in [-0.4, -0.2) is 30.3 Å². The zero-order valence-corrected chi connectivity index (χ0v) is 20.9. The second-order valence-electron chi connectivity index (χ2n) is 11.9. The van der Waals surface area contributed by atoms with Crippen LogP contribution in [0.1, 0.15) is 74.2 Å². The van der Waals surface area contributed by atoms with Crippen LogP contribution in [0.2, 0.25) is 0 Å². The summed E-state index contributed by atoms with van der Waals surface area (Å²) in [4.78, 5) is 14.0. The minimum absolute atomic E-state index is 0.0872. The topological polar surface area (TPSA) is 97.8 Å². The number of nitrogens with zero attached hydrogens (tertiary/aromatic N) is 5. The van der Waals surface area contributed by atoms with E-state index in [2.05, 4.69) is 34.0 Å². The molecule has 0 bridgehead atoms. The number of benzene rings is 1. The number of hydrogen-bond acceptors (Lipinski definition) is 7. The Kier molecular flexibility index (Phi) is 4.17. The molecule has 7 nitrogen and oxygen atoms in total. The Labute approximate surface area is 217 Å². The molecule has 3 fully saturated rings. The van der Waals surface area contributed by atoms with Crippen LogP contribution >= 0.6 is 0 Å². The smallest absolute Gasteiger partial charge is 0.247 e. The Morgan fingerprint density at radius 2 is 1.84 bits per heavy atom. The molecule has 3 aromatic heterocycles. The molecule has 8 rings (SSSR count). The van der Waals surface area contributed by atoms with E-state index >= 15 is 0 Å². The van der Waals surface area contributed by atoms with Crippen LogP contribution in [0.15, 0.2) is 47.3 Å². The van der Waals surface area contributed by atoms with Gasteiger partial charge in [-0.3, -0.25) is 4.98 Å². The molecule has 5 atom stereocenters. The number of fused-ring (bicyclic) bond motifs is 3. The van der Waals surface area contributed by atoms with Crippen molar-refractivity contribution in [3.8, 4) is 22.8 Å². The van der Waals surface area contributed by atoms with Gasteiger partial charge in [0.1, 0.15) is 35.4 Å². The van der Waals surface area contributed by atoms with Crippen molar-refractivity contribution in [1.82, 2.24) is 25.1 Å². The molecule has 192 valence electrons. The highest BCUT2D eigenvalue weighted by Gasteiger charge is 2.84. The van der Waals surface area contributed by atoms with Gasteiger partial charge in [-0.15, -0.1) is 5.10 Å². The quantitative estimate of drug-likeness (QED) is 0.376. The van der Waals surface area contributed by atoms with E-state index in [9.17, 15) is 13.9 Å². The summed E-state index contributed by atoms with van der Waals surface area (Å²) < 4.78 is 34.9. The molecule has 1 N–H and O–H groups in total. The highest BCUT2D eigenvalue weighted by molar-refractivity contribution is 5.66. The molecule has 0 spiro atoms. The highest BCUT2D eigenvalue weighted by atomic mass is 19.1. The summed E-state index contributed by atoms with van der Waals surface area (Å²) in [5, 5.41) is 19.4. The van der Waals surface area contributed by atoms with Crippen molar-refractivity contribution in [1.29, 1.82) is 0 Å². The van der Waals surface area contributed by atoms with Crippen LogP contribution in [0.5, 0.6) is 0 Å². The third-order valence-corrected chi connectivity index (χ3v) is 10.2. The van der Waals surface area contributed by atoms with Crippen molar-refractivity contribution in [2.75, 3.05) is 0 Å². The van der Waals surface area contributed by atoms with Crippen molar-refractivity contribution in [2.24, 2.45) is 16.7 Å². The number of aromatic nitrogens is 5. The van der Waals surface area contributed by atoms with Gasteiger partial charge in [0.2, 0.25) is 5.89 Å². The molecule has 0 saturated heterocycles. The Morgan fingerprint density at radius 3 is 2.58 bits per heavy atom. The first-order valence-electron chi connectivity index (χ1n) is 13.1. The minimum Gasteiger partial charge on any atom is -0.443 e. The van der Waals surface area contributed by atoms with E-state index in [4.69, 9.17) is 9.40 Å². The third-order valence-electron chi connectivity index (χ3n) is 10.2. The third kappa shape index (κ3) is 2.53. The maximum atomic E-state index is 14.6. The summed E-state index contributed by atoms with van der Waals surface area (Å²) in [5.41, 5.74) is 2.99. The lowest BCUT2D eigenvalue weighted by molar-refractivity contribution is -0.220. The fraction of sp³-hybridized carbons (Fsp3) is 0.414. The molecule has 3 heterocycles. The van der Waals surface area contributed by atoms with Gasteiger partial charge in [-0.1, -0.05) is 19.9 Å². The van der Waals surface area contributed by atoms with E-state index in [-0.39, 0.29) is 33.9 Å². The standard InChI is InChI=1S/C29H25F2N5O2/c1-27-9-16-15-8-19(23-17(30)4-3-5-18(23)31)35-36-25(15)29(13-27,28(16,27)2)22-11-32-10-20(33-22)26-34-21(12-38-26)24(37)14-6-7-14/h3-5,8,10-12,14,16,24,37H,6-7,9,13H2,1-2H3/t16-,24-,27?,28?,29-/m0/s1.